The maximum absolute atomic E-state index is 10.1. The molecule has 0 spiro atoms. The Hall–Kier alpha value is -0.380. The summed E-state index contributed by atoms with van der Waals surface area (Å²) in [5.41, 5.74) is 0. The van der Waals surface area contributed by atoms with Crippen molar-refractivity contribution in [3.8, 4) is 0 Å². The van der Waals surface area contributed by atoms with Crippen molar-refractivity contribution < 1.29 is 23.5 Å². The molecular formula is C3H7O5P. The average molecular weight is 154 g/mol. The monoisotopic (exact) mass is 154 g/mol. The summed E-state index contributed by atoms with van der Waals surface area (Å²) in [6, 6.07) is 0. The summed E-state index contributed by atoms with van der Waals surface area (Å²) in [7, 11) is 0.259. The zero-order chi connectivity index (χ0) is 7.28. The van der Waals surface area contributed by atoms with Gasteiger partial charge in [0.25, 0.3) is 0 Å². The van der Waals surface area contributed by atoms with Crippen LogP contribution in [0.5, 0.6) is 0 Å². The normalized spacial score (nSPS) is 12.3. The van der Waals surface area contributed by atoms with Gasteiger partial charge in [-0.25, -0.2) is 4.79 Å². The van der Waals surface area contributed by atoms with Gasteiger partial charge in [-0.1, -0.05) is 0 Å². The predicted molar refractivity (Wildman–Crippen MR) is 29.6 cm³/mol. The molecule has 0 saturated carbocycles. The van der Waals surface area contributed by atoms with Crippen LogP contribution in [0.2, 0.25) is 0 Å². The zero-order valence-electron chi connectivity index (χ0n) is 5.03. The molecule has 0 saturated heterocycles. The molecule has 0 aliphatic rings. The molecule has 9 heavy (non-hydrogen) atoms. The molecule has 1 N–H and O–H groups in total. The lowest BCUT2D eigenvalue weighted by molar-refractivity contribution is 0.113. The Balaban J connectivity index is 3.34. The summed E-state index contributed by atoms with van der Waals surface area (Å²) in [5, 5.41) is 0. The summed E-state index contributed by atoms with van der Waals surface area (Å²) >= 11 is 0. The summed E-state index contributed by atoms with van der Waals surface area (Å²) in [6.45, 7) is 0. The summed E-state index contributed by atoms with van der Waals surface area (Å²) < 4.78 is 12.3. The Bertz CT molecular complexity index is 94.2. The van der Waals surface area contributed by atoms with Gasteiger partial charge in [-0.2, -0.15) is 0 Å². The van der Waals surface area contributed by atoms with E-state index in [2.05, 4.69) is 13.8 Å². The predicted octanol–water partition coefficient (Wildman–Crippen LogP) is 0.635. The number of ether oxygens (including phenoxy) is 1. The van der Waals surface area contributed by atoms with Gasteiger partial charge in [0.2, 0.25) is 0 Å². The highest BCUT2D eigenvalue weighted by molar-refractivity contribution is 7.41. The quantitative estimate of drug-likeness (QED) is 0.466. The number of hydrogen-bond donors (Lipinski definition) is 1. The van der Waals surface area contributed by atoms with Crippen LogP contribution in [0.25, 0.3) is 0 Å². The van der Waals surface area contributed by atoms with Gasteiger partial charge in [-0.15, -0.1) is 0 Å². The van der Waals surface area contributed by atoms with E-state index in [4.69, 9.17) is 4.89 Å². The number of carbonyl (C=O) groups excluding carboxylic acids is 1. The third kappa shape index (κ3) is 4.14. The maximum Gasteiger partial charge on any atom is 0.514 e. The standard InChI is InChI=1S/C3H7O5P/c1-6-3(4)8-9(5)7-2/h5H,1-2H3. The lowest BCUT2D eigenvalue weighted by atomic mass is 11.4. The van der Waals surface area contributed by atoms with Crippen LogP contribution < -0.4 is 0 Å². The third-order valence-electron chi connectivity index (χ3n) is 0.475. The largest absolute Gasteiger partial charge is 0.514 e. The van der Waals surface area contributed by atoms with Crippen LogP contribution in [-0.4, -0.2) is 25.3 Å². The van der Waals surface area contributed by atoms with Crippen LogP contribution in [0.1, 0.15) is 0 Å². The van der Waals surface area contributed by atoms with Gasteiger partial charge in [0, 0.05) is 7.11 Å². The molecule has 54 valence electrons. The van der Waals surface area contributed by atoms with Crippen LogP contribution in [0, 0.1) is 0 Å². The minimum absolute atomic E-state index is 0.953. The highest BCUT2D eigenvalue weighted by atomic mass is 31.2. The van der Waals surface area contributed by atoms with E-state index in [1.54, 1.807) is 0 Å². The van der Waals surface area contributed by atoms with Crippen LogP contribution in [0.4, 0.5) is 4.79 Å². The van der Waals surface area contributed by atoms with E-state index in [1.165, 1.54) is 7.11 Å². The Morgan fingerprint density at radius 3 is 2.44 bits per heavy atom. The number of hydrogen-bond acceptors (Lipinski definition) is 5. The van der Waals surface area contributed by atoms with Crippen molar-refractivity contribution in [2.75, 3.05) is 14.2 Å². The summed E-state index contributed by atoms with van der Waals surface area (Å²) in [4.78, 5) is 18.6. The van der Waals surface area contributed by atoms with E-state index in [9.17, 15) is 4.79 Å². The molecule has 5 nitrogen and oxygen atoms in total. The van der Waals surface area contributed by atoms with Gasteiger partial charge in [-0.3, -0.25) is 0 Å². The van der Waals surface area contributed by atoms with Crippen molar-refractivity contribution in [2.24, 2.45) is 0 Å². The van der Waals surface area contributed by atoms with Gasteiger partial charge in [0.05, 0.1) is 7.11 Å². The van der Waals surface area contributed by atoms with Gasteiger partial charge in [-0.05, 0) is 0 Å². The molecule has 0 aliphatic heterocycles. The van der Waals surface area contributed by atoms with Gasteiger partial charge < -0.3 is 18.7 Å². The van der Waals surface area contributed by atoms with Gasteiger partial charge >= 0.3 is 14.8 Å². The first-order valence-electron chi connectivity index (χ1n) is 1.99. The van der Waals surface area contributed by atoms with E-state index in [-0.39, 0.29) is 0 Å². The number of methoxy groups -OCH3 is 1. The Labute approximate surface area is 53.5 Å². The molecule has 0 aliphatic carbocycles. The molecule has 0 heterocycles. The maximum atomic E-state index is 10.1. The van der Waals surface area contributed by atoms with Gasteiger partial charge in [0.15, 0.2) is 0 Å². The van der Waals surface area contributed by atoms with Crippen molar-refractivity contribution in [3.05, 3.63) is 0 Å². The molecule has 0 amide bonds. The Kier molecular flexibility index (Phi) is 4.30. The lowest BCUT2D eigenvalue weighted by Crippen LogP contribution is -1.99. The van der Waals surface area contributed by atoms with E-state index in [0.717, 1.165) is 7.11 Å². The SMILES string of the molecule is COC(=O)OP(O)OC. The van der Waals surface area contributed by atoms with Crippen molar-refractivity contribution in [1.82, 2.24) is 0 Å². The van der Waals surface area contributed by atoms with Crippen molar-refractivity contribution >= 4 is 14.8 Å². The summed E-state index contributed by atoms with van der Waals surface area (Å²) in [5.74, 6) is 0. The molecule has 1 unspecified atom stereocenters. The zero-order valence-corrected chi connectivity index (χ0v) is 5.92. The molecule has 6 heteroatoms. The van der Waals surface area contributed by atoms with Crippen LogP contribution in [0.15, 0.2) is 0 Å². The van der Waals surface area contributed by atoms with Crippen LogP contribution >= 0.6 is 8.60 Å². The highest BCUT2D eigenvalue weighted by Crippen LogP contribution is 2.31. The molecule has 0 fully saturated rings. The second-order valence-electron chi connectivity index (χ2n) is 0.966. The van der Waals surface area contributed by atoms with E-state index >= 15 is 0 Å². The molecular weight excluding hydrogens is 147 g/mol. The van der Waals surface area contributed by atoms with Crippen molar-refractivity contribution in [2.45, 2.75) is 0 Å². The van der Waals surface area contributed by atoms with Crippen molar-refractivity contribution in [1.29, 1.82) is 0 Å². The fourth-order valence-corrected chi connectivity index (χ4v) is 0.415. The molecule has 0 rings (SSSR count). The van der Waals surface area contributed by atoms with E-state index < -0.39 is 14.8 Å². The van der Waals surface area contributed by atoms with Crippen LogP contribution in [-0.2, 0) is 13.8 Å². The molecule has 1 atom stereocenters. The highest BCUT2D eigenvalue weighted by Gasteiger charge is 2.10. The molecule has 0 bridgehead atoms. The Morgan fingerprint density at radius 1 is 1.56 bits per heavy atom. The molecule has 0 aromatic heterocycles. The minimum Gasteiger partial charge on any atom is -0.437 e. The van der Waals surface area contributed by atoms with Crippen molar-refractivity contribution in [3.63, 3.8) is 0 Å². The molecule has 0 aromatic carbocycles. The first kappa shape index (κ1) is 8.62. The second-order valence-corrected chi connectivity index (χ2v) is 1.99. The fraction of sp³-hybridized carbons (Fsp3) is 0.667. The Morgan fingerprint density at radius 2 is 2.11 bits per heavy atom. The second kappa shape index (κ2) is 4.49. The first-order valence-corrected chi connectivity index (χ1v) is 3.12. The van der Waals surface area contributed by atoms with E-state index in [1.807, 2.05) is 0 Å². The lowest BCUT2D eigenvalue weighted by Gasteiger charge is -2.03. The third-order valence-corrected chi connectivity index (χ3v) is 1.09. The van der Waals surface area contributed by atoms with E-state index in [0.29, 0.717) is 0 Å². The molecule has 0 aromatic rings. The van der Waals surface area contributed by atoms with Gasteiger partial charge in [0.1, 0.15) is 0 Å². The number of carbonyl (C=O) groups is 1. The van der Waals surface area contributed by atoms with Crippen LogP contribution in [0.3, 0.4) is 0 Å². The smallest absolute Gasteiger partial charge is 0.437 e. The first-order chi connectivity index (χ1) is 4.20. The fourth-order valence-electron chi connectivity index (χ4n) is 0.138. The molecule has 0 radical (unpaired) electrons. The summed E-state index contributed by atoms with van der Waals surface area (Å²) in [6.07, 6.45) is -0.953. The number of rotatable bonds is 2. The topological polar surface area (TPSA) is 65.0 Å². The minimum atomic E-state index is -2.10. The average Bonchev–Trinajstić information content (AvgIpc) is 1.87.